The Balaban J connectivity index is 1.80. The number of halogens is 2. The number of carbonyl (C=O) groups excluding carboxylic acids is 1. The van der Waals surface area contributed by atoms with E-state index in [1.54, 1.807) is 0 Å². The molecule has 1 saturated carbocycles. The van der Waals surface area contributed by atoms with Crippen LogP contribution in [0.2, 0.25) is 0 Å². The molecule has 4 nitrogen and oxygen atoms in total. The van der Waals surface area contributed by atoms with Crippen molar-refractivity contribution in [3.63, 3.8) is 0 Å². The van der Waals surface area contributed by atoms with Crippen LogP contribution in [0.4, 0.5) is 8.78 Å². The number of carbonyl (C=O) groups is 1. The van der Waals surface area contributed by atoms with Gasteiger partial charge in [0.2, 0.25) is 0 Å². The Morgan fingerprint density at radius 3 is 2.73 bits per heavy atom. The highest BCUT2D eigenvalue weighted by Crippen LogP contribution is 2.44. The molecular weight excluding hydrogens is 290 g/mol. The van der Waals surface area contributed by atoms with Crippen molar-refractivity contribution in [1.82, 2.24) is 10.2 Å². The van der Waals surface area contributed by atoms with Crippen LogP contribution in [0.15, 0.2) is 24.3 Å². The van der Waals surface area contributed by atoms with Crippen molar-refractivity contribution in [1.29, 1.82) is 0 Å². The van der Waals surface area contributed by atoms with Crippen LogP contribution in [0.1, 0.15) is 36.4 Å². The first-order valence-electron chi connectivity index (χ1n) is 7.51. The van der Waals surface area contributed by atoms with Gasteiger partial charge in [0, 0.05) is 13.1 Å². The van der Waals surface area contributed by atoms with Gasteiger partial charge in [-0.2, -0.15) is 8.78 Å². The first-order chi connectivity index (χ1) is 10.3. The molecule has 1 unspecified atom stereocenters. The van der Waals surface area contributed by atoms with Gasteiger partial charge in [-0.25, -0.2) is 0 Å². The first kappa shape index (κ1) is 15.4. The van der Waals surface area contributed by atoms with Gasteiger partial charge < -0.3 is 10.4 Å². The smallest absolute Gasteiger partial charge is 0.352 e. The summed E-state index contributed by atoms with van der Waals surface area (Å²) >= 11 is 0. The van der Waals surface area contributed by atoms with E-state index in [1.807, 2.05) is 36.2 Å². The predicted octanol–water partition coefficient (Wildman–Crippen LogP) is 1.84. The first-order valence-corrected chi connectivity index (χ1v) is 7.51. The highest BCUT2D eigenvalue weighted by molar-refractivity contribution is 5.85. The Kier molecular flexibility index (Phi) is 3.69. The van der Waals surface area contributed by atoms with Crippen LogP contribution in [0.25, 0.3) is 0 Å². The molecule has 1 aliphatic carbocycles. The normalized spacial score (nSPS) is 24.3. The molecule has 1 amide bonds. The van der Waals surface area contributed by atoms with Crippen LogP contribution in [-0.2, 0) is 11.3 Å². The van der Waals surface area contributed by atoms with Gasteiger partial charge in [0.15, 0.2) is 0 Å². The molecule has 120 valence electrons. The van der Waals surface area contributed by atoms with Crippen molar-refractivity contribution in [3.05, 3.63) is 35.4 Å². The molecule has 3 rings (SSSR count). The molecule has 0 aromatic heterocycles. The molecule has 1 aromatic carbocycles. The van der Waals surface area contributed by atoms with E-state index < -0.39 is 23.5 Å². The van der Waals surface area contributed by atoms with Gasteiger partial charge in [0.1, 0.15) is 5.60 Å². The molecule has 1 atom stereocenters. The van der Waals surface area contributed by atoms with Gasteiger partial charge in [0.25, 0.3) is 5.91 Å². The minimum Gasteiger partial charge on any atom is -0.383 e. The van der Waals surface area contributed by atoms with Crippen molar-refractivity contribution in [2.75, 3.05) is 13.6 Å². The van der Waals surface area contributed by atoms with Crippen LogP contribution >= 0.6 is 0 Å². The summed E-state index contributed by atoms with van der Waals surface area (Å²) in [4.78, 5) is 14.0. The van der Waals surface area contributed by atoms with Gasteiger partial charge in [-0.15, -0.1) is 0 Å². The topological polar surface area (TPSA) is 52.6 Å². The second-order valence-electron chi connectivity index (χ2n) is 6.38. The zero-order valence-corrected chi connectivity index (χ0v) is 12.5. The molecule has 2 aliphatic rings. The number of fused-ring (bicyclic) bond motifs is 1. The van der Waals surface area contributed by atoms with Crippen LogP contribution in [0.3, 0.4) is 0 Å². The molecule has 0 radical (unpaired) electrons. The third kappa shape index (κ3) is 2.40. The molecule has 0 bridgehead atoms. The van der Waals surface area contributed by atoms with Crippen molar-refractivity contribution >= 4 is 5.91 Å². The summed E-state index contributed by atoms with van der Waals surface area (Å²) in [6, 6.07) is 7.02. The number of amides is 1. The van der Waals surface area contributed by atoms with Gasteiger partial charge in [-0.1, -0.05) is 24.3 Å². The lowest BCUT2D eigenvalue weighted by Crippen LogP contribution is -2.61. The lowest BCUT2D eigenvalue weighted by atomic mass is 9.75. The van der Waals surface area contributed by atoms with Crippen molar-refractivity contribution in [3.8, 4) is 0 Å². The molecule has 1 aromatic rings. The van der Waals surface area contributed by atoms with E-state index in [4.69, 9.17) is 0 Å². The van der Waals surface area contributed by atoms with Crippen LogP contribution < -0.4 is 5.32 Å². The number of alkyl halides is 2. The maximum Gasteiger partial charge on any atom is 0.352 e. The zero-order valence-electron chi connectivity index (χ0n) is 12.5. The molecule has 0 saturated heterocycles. The Bertz CT molecular complexity index is 587. The summed E-state index contributed by atoms with van der Waals surface area (Å²) in [6.45, 7) is 1.19. The minimum atomic E-state index is -3.75. The molecular formula is C16H20F2N2O2. The molecule has 1 heterocycles. The summed E-state index contributed by atoms with van der Waals surface area (Å²) < 4.78 is 28.4. The molecule has 0 spiro atoms. The number of nitrogens with one attached hydrogen (secondary N) is 1. The molecule has 6 heteroatoms. The van der Waals surface area contributed by atoms with E-state index in [0.717, 1.165) is 17.7 Å². The van der Waals surface area contributed by atoms with Gasteiger partial charge >= 0.3 is 5.92 Å². The monoisotopic (exact) mass is 310 g/mol. The lowest BCUT2D eigenvalue weighted by Gasteiger charge is -2.42. The Hall–Kier alpha value is -1.53. The number of nitrogens with zero attached hydrogens (tertiary/aromatic N) is 1. The summed E-state index contributed by atoms with van der Waals surface area (Å²) in [6.07, 6.45) is 0.456. The average Bonchev–Trinajstić information content (AvgIpc) is 2.44. The third-order valence-corrected chi connectivity index (χ3v) is 4.72. The van der Waals surface area contributed by atoms with Crippen LogP contribution in [-0.4, -0.2) is 41.0 Å². The van der Waals surface area contributed by atoms with Gasteiger partial charge in [0.05, 0.1) is 6.04 Å². The third-order valence-electron chi connectivity index (χ3n) is 4.72. The number of aliphatic hydroxyl groups is 1. The van der Waals surface area contributed by atoms with Crippen LogP contribution in [0, 0.1) is 0 Å². The SMILES string of the molecule is CN1Cc2ccccc2C(NC(=O)C(F)(F)C2(O)CCC2)C1. The summed E-state index contributed by atoms with van der Waals surface area (Å²) in [5, 5.41) is 12.3. The van der Waals surface area contributed by atoms with Crippen molar-refractivity contribution in [2.45, 2.75) is 43.4 Å². The van der Waals surface area contributed by atoms with Gasteiger partial charge in [-0.05, 0) is 37.4 Å². The number of rotatable bonds is 3. The highest BCUT2D eigenvalue weighted by atomic mass is 19.3. The second-order valence-corrected chi connectivity index (χ2v) is 6.38. The van der Waals surface area contributed by atoms with Crippen LogP contribution in [0.5, 0.6) is 0 Å². The molecule has 1 fully saturated rings. The van der Waals surface area contributed by atoms with E-state index in [1.165, 1.54) is 0 Å². The zero-order chi connectivity index (χ0) is 16.0. The van der Waals surface area contributed by atoms with E-state index in [0.29, 0.717) is 13.0 Å². The molecule has 22 heavy (non-hydrogen) atoms. The van der Waals surface area contributed by atoms with E-state index in [9.17, 15) is 18.7 Å². The molecule has 2 N–H and O–H groups in total. The number of likely N-dealkylation sites (N-methyl/N-ethyl adjacent to an activating group) is 1. The summed E-state index contributed by atoms with van der Waals surface area (Å²) in [5.74, 6) is -5.14. The molecule has 1 aliphatic heterocycles. The van der Waals surface area contributed by atoms with E-state index in [-0.39, 0.29) is 12.8 Å². The lowest BCUT2D eigenvalue weighted by molar-refractivity contribution is -0.216. The van der Waals surface area contributed by atoms with Crippen molar-refractivity contribution in [2.24, 2.45) is 0 Å². The Labute approximate surface area is 128 Å². The average molecular weight is 310 g/mol. The maximum absolute atomic E-state index is 14.2. The van der Waals surface area contributed by atoms with Crippen molar-refractivity contribution < 1.29 is 18.7 Å². The number of benzene rings is 1. The Morgan fingerprint density at radius 2 is 2.09 bits per heavy atom. The van der Waals surface area contributed by atoms with Gasteiger partial charge in [-0.3, -0.25) is 9.69 Å². The highest BCUT2D eigenvalue weighted by Gasteiger charge is 2.61. The fourth-order valence-electron chi connectivity index (χ4n) is 3.19. The fourth-order valence-corrected chi connectivity index (χ4v) is 3.19. The van der Waals surface area contributed by atoms with E-state index >= 15 is 0 Å². The summed E-state index contributed by atoms with van der Waals surface area (Å²) in [7, 11) is 1.88. The maximum atomic E-state index is 14.2. The second kappa shape index (κ2) is 5.28. The number of hydrogen-bond donors (Lipinski definition) is 2. The standard InChI is InChI=1S/C16H20F2N2O2/c1-20-9-11-5-2-3-6-12(11)13(10-20)19-14(21)16(17,18)15(22)7-4-8-15/h2-3,5-6,13,22H,4,7-10H2,1H3,(H,19,21). The largest absolute Gasteiger partial charge is 0.383 e. The quantitative estimate of drug-likeness (QED) is 0.896. The summed E-state index contributed by atoms with van der Waals surface area (Å²) in [5.41, 5.74) is -0.297. The number of hydrogen-bond acceptors (Lipinski definition) is 3. The fraction of sp³-hybridized carbons (Fsp3) is 0.562. The predicted molar refractivity (Wildman–Crippen MR) is 77.4 cm³/mol. The minimum absolute atomic E-state index is 0.0332. The van der Waals surface area contributed by atoms with E-state index in [2.05, 4.69) is 5.32 Å². The Morgan fingerprint density at radius 1 is 1.41 bits per heavy atom.